The maximum Gasteiger partial charge on any atom is 0.306 e. The summed E-state index contributed by atoms with van der Waals surface area (Å²) < 4.78 is 0. The van der Waals surface area contributed by atoms with Crippen molar-refractivity contribution in [3.63, 3.8) is 0 Å². The van der Waals surface area contributed by atoms with Gasteiger partial charge < -0.3 is 31.1 Å². The van der Waals surface area contributed by atoms with E-state index in [0.29, 0.717) is 24.8 Å². The highest BCUT2D eigenvalue weighted by Gasteiger charge is 2.39. The number of carbonyl (C=O) groups is 1. The molecule has 6 N–H and O–H groups in total. The predicted octanol–water partition coefficient (Wildman–Crippen LogP) is 2.50. The Hall–Kier alpha value is -1.21. The molecule has 8 nitrogen and oxygen atoms in total. The molecular formula is C31H53N3O5. The number of aliphatic hydroxyl groups is 3. The summed E-state index contributed by atoms with van der Waals surface area (Å²) in [6.07, 6.45) is 10.3. The first kappa shape index (κ1) is 30.7. The van der Waals surface area contributed by atoms with Crippen LogP contribution in [0.5, 0.6) is 0 Å². The maximum absolute atomic E-state index is 11.6. The summed E-state index contributed by atoms with van der Waals surface area (Å²) in [6, 6.07) is 1.10. The van der Waals surface area contributed by atoms with E-state index in [9.17, 15) is 25.2 Å². The normalized spacial score (nSPS) is 42.4. The first-order chi connectivity index (χ1) is 18.6. The van der Waals surface area contributed by atoms with Crippen LogP contribution in [0.1, 0.15) is 97.3 Å². The molecule has 9 atom stereocenters. The minimum Gasteiger partial charge on any atom is -0.481 e. The Kier molecular flexibility index (Phi) is 10.7. The number of hydrogen-bond donors (Lipinski definition) is 6. The number of β-amino-alcohol motifs (C(OH)–C–C–N with tert-alkyl or cyclic N) is 1. The monoisotopic (exact) mass is 547 g/mol. The maximum atomic E-state index is 11.6. The number of aliphatic hydroxyl groups excluding tert-OH is 2. The van der Waals surface area contributed by atoms with Crippen molar-refractivity contribution >= 4 is 5.97 Å². The number of nitrogens with one attached hydrogen (secondary N) is 2. The lowest BCUT2D eigenvalue weighted by Gasteiger charge is -2.48. The Morgan fingerprint density at radius 2 is 1.92 bits per heavy atom. The van der Waals surface area contributed by atoms with Crippen LogP contribution in [0.3, 0.4) is 0 Å². The smallest absolute Gasteiger partial charge is 0.306 e. The van der Waals surface area contributed by atoms with Crippen molar-refractivity contribution < 1.29 is 25.2 Å². The molecule has 3 fully saturated rings. The van der Waals surface area contributed by atoms with Gasteiger partial charge in [0.2, 0.25) is 0 Å². The minimum atomic E-state index is -1.34. The van der Waals surface area contributed by atoms with E-state index in [-0.39, 0.29) is 55.1 Å². The topological polar surface area (TPSA) is 125 Å². The van der Waals surface area contributed by atoms with Crippen molar-refractivity contribution in [2.45, 2.75) is 133 Å². The average molecular weight is 548 g/mol. The van der Waals surface area contributed by atoms with Crippen LogP contribution >= 0.6 is 0 Å². The highest BCUT2D eigenvalue weighted by molar-refractivity contribution is 5.68. The van der Waals surface area contributed by atoms with Gasteiger partial charge in [-0.1, -0.05) is 5.92 Å². The Bertz CT molecular complexity index is 876. The van der Waals surface area contributed by atoms with E-state index >= 15 is 0 Å². The van der Waals surface area contributed by atoms with Crippen molar-refractivity contribution in [1.29, 1.82) is 0 Å². The van der Waals surface area contributed by atoms with Gasteiger partial charge in [0.05, 0.1) is 18.1 Å². The van der Waals surface area contributed by atoms with E-state index in [4.69, 9.17) is 0 Å². The van der Waals surface area contributed by atoms with E-state index in [0.717, 1.165) is 70.9 Å². The molecule has 8 heteroatoms. The van der Waals surface area contributed by atoms with Gasteiger partial charge in [-0.05, 0) is 109 Å². The van der Waals surface area contributed by atoms with Crippen LogP contribution in [0, 0.1) is 29.6 Å². The molecule has 4 heterocycles. The number of carboxylic acid groups (broad SMARTS) is 1. The number of fused-ring (bicyclic) bond motifs is 3. The van der Waals surface area contributed by atoms with Gasteiger partial charge in [0.15, 0.2) is 0 Å². The molecule has 0 aromatic rings. The molecular weight excluding hydrogens is 494 g/mol. The summed E-state index contributed by atoms with van der Waals surface area (Å²) in [5.74, 6) is 6.96. The third kappa shape index (κ3) is 8.64. The van der Waals surface area contributed by atoms with Crippen molar-refractivity contribution in [2.24, 2.45) is 17.8 Å². The molecule has 2 bridgehead atoms. The van der Waals surface area contributed by atoms with E-state index in [1.807, 2.05) is 0 Å². The number of carboxylic acids is 1. The fraction of sp³-hybridized carbons (Fsp3) is 0.903. The van der Waals surface area contributed by atoms with E-state index < -0.39 is 11.6 Å². The zero-order valence-corrected chi connectivity index (χ0v) is 24.2. The molecule has 0 saturated carbocycles. The Labute approximate surface area is 235 Å². The molecule has 0 aromatic carbocycles. The van der Waals surface area contributed by atoms with Gasteiger partial charge in [-0.3, -0.25) is 9.69 Å². The second kappa shape index (κ2) is 13.6. The van der Waals surface area contributed by atoms with Crippen LogP contribution < -0.4 is 10.6 Å². The van der Waals surface area contributed by atoms with Crippen LogP contribution in [0.4, 0.5) is 0 Å². The Morgan fingerprint density at radius 3 is 2.69 bits per heavy atom. The van der Waals surface area contributed by atoms with Crippen LogP contribution in [0.15, 0.2) is 0 Å². The van der Waals surface area contributed by atoms with Gasteiger partial charge in [-0.2, -0.15) is 0 Å². The molecule has 0 aromatic heterocycles. The first-order valence-corrected chi connectivity index (χ1v) is 15.5. The second-order valence-electron chi connectivity index (χ2n) is 13.6. The van der Waals surface area contributed by atoms with Crippen LogP contribution in [-0.2, 0) is 4.79 Å². The lowest BCUT2D eigenvalue weighted by Crippen LogP contribution is -2.57. The second-order valence-corrected chi connectivity index (χ2v) is 13.6. The van der Waals surface area contributed by atoms with E-state index in [1.54, 1.807) is 0 Å². The van der Waals surface area contributed by atoms with Gasteiger partial charge in [0.1, 0.15) is 0 Å². The summed E-state index contributed by atoms with van der Waals surface area (Å²) in [5.41, 5.74) is -1.52. The van der Waals surface area contributed by atoms with Crippen LogP contribution in [-0.4, -0.2) is 92.9 Å². The Balaban J connectivity index is 1.43. The first-order valence-electron chi connectivity index (χ1n) is 15.5. The van der Waals surface area contributed by atoms with Gasteiger partial charge in [0.25, 0.3) is 0 Å². The fourth-order valence-corrected chi connectivity index (χ4v) is 7.70. The summed E-state index contributed by atoms with van der Waals surface area (Å²) in [6.45, 7) is 6.53. The van der Waals surface area contributed by atoms with Gasteiger partial charge in [-0.15, -0.1) is 5.92 Å². The summed E-state index contributed by atoms with van der Waals surface area (Å²) in [4.78, 5) is 14.1. The molecule has 4 aliphatic rings. The zero-order valence-electron chi connectivity index (χ0n) is 24.2. The number of nitrogens with zero attached hydrogens (tertiary/aromatic N) is 1. The zero-order chi connectivity index (χ0) is 28.0. The molecule has 0 aliphatic carbocycles. The quantitative estimate of drug-likeness (QED) is 0.280. The number of piperidine rings is 3. The van der Waals surface area contributed by atoms with E-state index in [1.165, 1.54) is 6.42 Å². The lowest BCUT2D eigenvalue weighted by molar-refractivity contribution is -0.143. The number of aliphatic carboxylic acids is 1. The Morgan fingerprint density at radius 1 is 1.10 bits per heavy atom. The molecule has 0 amide bonds. The summed E-state index contributed by atoms with van der Waals surface area (Å²) in [7, 11) is 0. The SMILES string of the molecule is C[C@H]1[C@H](O)CC[C@H]2C[C@@H](CC[C@H]3C#CC[C@@H]4C[C@](C)(CCN4)NC[C@](O)(CC(=O)O)CC[C@H](CO)C3)CCN21. The third-order valence-corrected chi connectivity index (χ3v) is 10.3. The molecule has 0 spiro atoms. The van der Waals surface area contributed by atoms with Crippen LogP contribution in [0.25, 0.3) is 0 Å². The largest absolute Gasteiger partial charge is 0.481 e. The molecule has 4 aliphatic heterocycles. The fourth-order valence-electron chi connectivity index (χ4n) is 7.70. The predicted molar refractivity (Wildman–Crippen MR) is 152 cm³/mol. The van der Waals surface area contributed by atoms with Crippen molar-refractivity contribution in [3.05, 3.63) is 0 Å². The molecule has 0 radical (unpaired) electrons. The van der Waals surface area contributed by atoms with Gasteiger partial charge in [-0.25, -0.2) is 0 Å². The number of hydrogen-bond acceptors (Lipinski definition) is 7. The standard InChI is InChI=1S/C31H53N3O5/c1-22-28(36)9-8-27-17-24(11-15-34(22)27)7-6-23-4-3-5-26-18-30(2,13-14-32-26)33-21-31(39,19-29(37)38)12-10-25(16-23)20-35/h22-28,32-33,35-36,39H,5-21H2,1-2H3,(H,37,38)/t22-,23+,24-,25-,26+,27-,28+,30-,31+/m0/s1. The highest BCUT2D eigenvalue weighted by atomic mass is 16.4. The summed E-state index contributed by atoms with van der Waals surface area (Å²) >= 11 is 0. The molecule has 39 heavy (non-hydrogen) atoms. The average Bonchev–Trinajstić information content (AvgIpc) is 2.89. The highest BCUT2D eigenvalue weighted by Crippen LogP contribution is 2.36. The minimum absolute atomic E-state index is 0.0108. The third-order valence-electron chi connectivity index (χ3n) is 10.3. The van der Waals surface area contributed by atoms with Crippen molar-refractivity contribution in [1.82, 2.24) is 15.5 Å². The van der Waals surface area contributed by atoms with Crippen molar-refractivity contribution in [3.8, 4) is 11.8 Å². The molecule has 4 rings (SSSR count). The van der Waals surface area contributed by atoms with E-state index in [2.05, 4.69) is 41.2 Å². The van der Waals surface area contributed by atoms with Gasteiger partial charge >= 0.3 is 5.97 Å². The summed E-state index contributed by atoms with van der Waals surface area (Å²) in [5, 5.41) is 48.5. The van der Waals surface area contributed by atoms with Gasteiger partial charge in [0, 0.05) is 49.2 Å². The van der Waals surface area contributed by atoms with Crippen molar-refractivity contribution in [2.75, 3.05) is 26.2 Å². The van der Waals surface area contributed by atoms with Crippen LogP contribution in [0.2, 0.25) is 0 Å². The lowest BCUT2D eigenvalue weighted by atomic mass is 9.78. The molecule has 0 unspecified atom stereocenters. The molecule has 222 valence electrons. The number of rotatable bonds is 6. The molecule has 3 saturated heterocycles.